The molecule has 0 radical (unpaired) electrons. The molecular weight excluding hydrogens is 364 g/mol. The number of aliphatic imine (C=N–C) groups is 1. The summed E-state index contributed by atoms with van der Waals surface area (Å²) in [6, 6.07) is 10.0. The van der Waals surface area contributed by atoms with Crippen LogP contribution in [0, 0.1) is 0 Å². The van der Waals surface area contributed by atoms with Crippen molar-refractivity contribution in [3.63, 3.8) is 0 Å². The molecule has 3 rings (SSSR count). The van der Waals surface area contributed by atoms with Gasteiger partial charge in [-0.2, -0.15) is 10.1 Å². The van der Waals surface area contributed by atoms with Crippen molar-refractivity contribution >= 4 is 29.0 Å². The lowest BCUT2D eigenvalue weighted by Crippen LogP contribution is -2.22. The second-order valence-corrected chi connectivity index (χ2v) is 6.49. The number of hydrogen-bond acceptors (Lipinski definition) is 4. The van der Waals surface area contributed by atoms with Gasteiger partial charge >= 0.3 is 0 Å². The van der Waals surface area contributed by atoms with Gasteiger partial charge in [-0.25, -0.2) is 4.98 Å². The number of benzene rings is 1. The molecule has 2 aromatic heterocycles. The number of H-pyrrole nitrogens is 1. The second kappa shape index (κ2) is 8.64. The fourth-order valence-corrected chi connectivity index (χ4v) is 2.79. The van der Waals surface area contributed by atoms with Crippen molar-refractivity contribution < 1.29 is 4.79 Å². The highest BCUT2D eigenvalue weighted by Crippen LogP contribution is 2.23. The number of carbonyl (C=O) groups excluding carboxylic acids is 1. The average Bonchev–Trinajstić information content (AvgIpc) is 3.29. The first-order valence-electron chi connectivity index (χ1n) is 8.68. The zero-order chi connectivity index (χ0) is 19.2. The molecule has 0 aliphatic rings. The third kappa shape index (κ3) is 4.62. The first-order chi connectivity index (χ1) is 13.1. The summed E-state index contributed by atoms with van der Waals surface area (Å²) in [4.78, 5) is 24.9. The number of amidine groups is 1. The minimum absolute atomic E-state index is 0.267. The van der Waals surface area contributed by atoms with Gasteiger partial charge in [0.05, 0.1) is 18.3 Å². The summed E-state index contributed by atoms with van der Waals surface area (Å²) in [6.07, 6.45) is 5.20. The van der Waals surface area contributed by atoms with E-state index in [1.165, 1.54) is 0 Å². The van der Waals surface area contributed by atoms with Crippen LogP contribution in [0.3, 0.4) is 0 Å². The average molecular weight is 385 g/mol. The highest BCUT2D eigenvalue weighted by Gasteiger charge is 2.14. The fourth-order valence-electron chi connectivity index (χ4n) is 2.62. The molecule has 0 unspecified atom stereocenters. The van der Waals surface area contributed by atoms with E-state index in [-0.39, 0.29) is 16.8 Å². The largest absolute Gasteiger partial charge is 0.350 e. The maximum absolute atomic E-state index is 11.4. The molecule has 27 heavy (non-hydrogen) atoms. The minimum atomic E-state index is 0.267. The number of halogens is 1. The van der Waals surface area contributed by atoms with E-state index < -0.39 is 0 Å². The zero-order valence-corrected chi connectivity index (χ0v) is 16.0. The topological polar surface area (TPSA) is 79.2 Å². The number of aldehydes is 1. The number of aromatic nitrogens is 4. The Morgan fingerprint density at radius 2 is 2.15 bits per heavy atom. The van der Waals surface area contributed by atoms with Crippen LogP contribution >= 0.6 is 11.6 Å². The second-order valence-electron chi connectivity index (χ2n) is 6.16. The predicted molar refractivity (Wildman–Crippen MR) is 107 cm³/mol. The van der Waals surface area contributed by atoms with Gasteiger partial charge in [-0.15, -0.1) is 0 Å². The molecule has 8 heteroatoms. The molecule has 0 atom stereocenters. The Kier molecular flexibility index (Phi) is 6.03. The molecule has 140 valence electrons. The van der Waals surface area contributed by atoms with Crippen LogP contribution in [0.2, 0.25) is 0 Å². The molecular formula is C19H21ClN6O. The number of carbonyl (C=O) groups is 1. The third-order valence-electron chi connectivity index (χ3n) is 4.00. The van der Waals surface area contributed by atoms with E-state index in [0.29, 0.717) is 18.7 Å². The summed E-state index contributed by atoms with van der Waals surface area (Å²) in [5, 5.41) is 4.65. The van der Waals surface area contributed by atoms with Gasteiger partial charge in [-0.3, -0.25) is 9.48 Å². The summed E-state index contributed by atoms with van der Waals surface area (Å²) in [6.45, 7) is 3.47. The molecule has 7 nitrogen and oxygen atoms in total. The van der Waals surface area contributed by atoms with Crippen molar-refractivity contribution in [2.24, 2.45) is 4.99 Å². The summed E-state index contributed by atoms with van der Waals surface area (Å²) >= 11 is 6.21. The number of rotatable bonds is 7. The third-order valence-corrected chi connectivity index (χ3v) is 4.37. The van der Waals surface area contributed by atoms with E-state index in [9.17, 15) is 4.79 Å². The first kappa shape index (κ1) is 18.8. The molecule has 2 heterocycles. The maximum Gasteiger partial charge on any atom is 0.200 e. The van der Waals surface area contributed by atoms with Crippen molar-refractivity contribution in [2.45, 2.75) is 19.9 Å². The van der Waals surface area contributed by atoms with Crippen molar-refractivity contribution in [2.75, 3.05) is 13.6 Å². The van der Waals surface area contributed by atoms with Crippen molar-refractivity contribution in [3.05, 3.63) is 54.0 Å². The molecule has 0 amide bonds. The molecule has 0 aliphatic carbocycles. The van der Waals surface area contributed by atoms with Gasteiger partial charge in [0.25, 0.3) is 0 Å². The van der Waals surface area contributed by atoms with Gasteiger partial charge in [0.1, 0.15) is 11.5 Å². The first-order valence-corrected chi connectivity index (χ1v) is 9.05. The fraction of sp³-hybridized carbons (Fsp3) is 0.263. The Balaban J connectivity index is 1.83. The van der Waals surface area contributed by atoms with Gasteiger partial charge in [-0.1, -0.05) is 37.3 Å². The monoisotopic (exact) mass is 384 g/mol. The molecule has 0 bridgehead atoms. The number of nitrogens with one attached hydrogen (secondary N) is 1. The van der Waals surface area contributed by atoms with E-state index in [4.69, 9.17) is 11.6 Å². The molecule has 0 saturated heterocycles. The number of hydrogen-bond donors (Lipinski definition) is 1. The summed E-state index contributed by atoms with van der Waals surface area (Å²) in [5.41, 5.74) is 2.20. The lowest BCUT2D eigenvalue weighted by molar-refractivity contribution is 0.112. The van der Waals surface area contributed by atoms with Crippen molar-refractivity contribution in [3.8, 4) is 11.4 Å². The Morgan fingerprint density at radius 1 is 1.37 bits per heavy atom. The summed E-state index contributed by atoms with van der Waals surface area (Å²) in [7, 11) is 1.84. The van der Waals surface area contributed by atoms with Crippen LogP contribution in [0.1, 0.15) is 29.4 Å². The van der Waals surface area contributed by atoms with E-state index in [2.05, 4.69) is 27.0 Å². The van der Waals surface area contributed by atoms with Crippen LogP contribution in [0.15, 0.2) is 47.7 Å². The van der Waals surface area contributed by atoms with Gasteiger partial charge < -0.3 is 9.88 Å². The Labute approximate surface area is 162 Å². The predicted octanol–water partition coefficient (Wildman–Crippen LogP) is 3.70. The molecule has 0 spiro atoms. The van der Waals surface area contributed by atoms with Crippen LogP contribution in [0.4, 0.5) is 5.82 Å². The Morgan fingerprint density at radius 3 is 2.85 bits per heavy atom. The van der Waals surface area contributed by atoms with Crippen molar-refractivity contribution in [1.82, 2.24) is 24.6 Å². The van der Waals surface area contributed by atoms with E-state index in [1.807, 2.05) is 53.2 Å². The molecule has 3 aromatic rings. The molecule has 0 aliphatic heterocycles. The smallest absolute Gasteiger partial charge is 0.200 e. The number of nitrogens with zero attached hydrogens (tertiary/aromatic N) is 5. The quantitative estimate of drug-likeness (QED) is 0.291. The van der Waals surface area contributed by atoms with Crippen molar-refractivity contribution in [1.29, 1.82) is 0 Å². The van der Waals surface area contributed by atoms with Gasteiger partial charge in [-0.05, 0) is 23.6 Å². The normalized spacial score (nSPS) is 11.6. The maximum atomic E-state index is 11.4. The van der Waals surface area contributed by atoms with Crippen LogP contribution in [0.5, 0.6) is 0 Å². The summed E-state index contributed by atoms with van der Waals surface area (Å²) in [5.74, 6) is 0.793. The Hall–Kier alpha value is -2.93. The van der Waals surface area contributed by atoms with E-state index in [1.54, 1.807) is 6.20 Å². The minimum Gasteiger partial charge on any atom is -0.350 e. The van der Waals surface area contributed by atoms with Crippen LogP contribution in [-0.4, -0.2) is 49.8 Å². The number of aromatic amines is 1. The van der Waals surface area contributed by atoms with Gasteiger partial charge in [0.15, 0.2) is 17.4 Å². The van der Waals surface area contributed by atoms with Crippen LogP contribution < -0.4 is 0 Å². The zero-order valence-electron chi connectivity index (χ0n) is 15.3. The van der Waals surface area contributed by atoms with E-state index in [0.717, 1.165) is 24.1 Å². The van der Waals surface area contributed by atoms with Gasteiger partial charge in [0.2, 0.25) is 0 Å². The van der Waals surface area contributed by atoms with Crippen LogP contribution in [-0.2, 0) is 6.54 Å². The van der Waals surface area contributed by atoms with Crippen LogP contribution in [0.25, 0.3) is 11.4 Å². The molecule has 1 aromatic carbocycles. The molecule has 1 N–H and O–H groups in total. The van der Waals surface area contributed by atoms with Gasteiger partial charge in [0, 0.05) is 19.8 Å². The van der Waals surface area contributed by atoms with E-state index >= 15 is 0 Å². The molecule has 0 saturated carbocycles. The lowest BCUT2D eigenvalue weighted by atomic mass is 10.2. The highest BCUT2D eigenvalue weighted by atomic mass is 35.5. The molecule has 0 fully saturated rings. The Bertz CT molecular complexity index is 931. The standard InChI is InChI=1S/C19H21ClN6O/c1-3-9-25(2)19(20)24-18-16(13-27)22-17(23-18)15-10-21-26(12-15)11-14-7-5-4-6-8-14/h4-8,10,12-13H,3,9,11H2,1-2H3,(H,22,23)/b24-19-. The SMILES string of the molecule is CCCN(C)/C(Cl)=N\c1nc(-c2cnn(Cc3ccccc3)c2)[nH]c1C=O. The lowest BCUT2D eigenvalue weighted by Gasteiger charge is -2.14. The number of imidazole rings is 1. The summed E-state index contributed by atoms with van der Waals surface area (Å²) < 4.78 is 1.82. The highest BCUT2D eigenvalue weighted by molar-refractivity contribution is 6.64.